The first-order chi connectivity index (χ1) is 9.74. The lowest BCUT2D eigenvalue weighted by atomic mass is 9.83. The number of aromatic nitrogens is 2. The van der Waals surface area contributed by atoms with Crippen LogP contribution in [0.2, 0.25) is 0 Å². The molecule has 2 aromatic rings. The molecule has 0 bridgehead atoms. The molecule has 0 amide bonds. The van der Waals surface area contributed by atoms with Gasteiger partial charge in [-0.05, 0) is 24.3 Å². The van der Waals surface area contributed by atoms with Crippen LogP contribution in [0, 0.1) is 5.92 Å². The molecule has 0 saturated heterocycles. The zero-order chi connectivity index (χ0) is 13.9. The third-order valence-corrected chi connectivity index (χ3v) is 5.41. The van der Waals surface area contributed by atoms with E-state index in [2.05, 4.69) is 17.1 Å². The second-order valence-corrected chi connectivity index (χ2v) is 6.86. The Morgan fingerprint density at radius 2 is 1.80 bits per heavy atom. The molecule has 1 aromatic carbocycles. The van der Waals surface area contributed by atoms with Crippen molar-refractivity contribution in [2.75, 3.05) is 0 Å². The molecule has 106 valence electrons. The Bertz CT molecular complexity index is 544. The second-order valence-electron chi connectivity index (χ2n) is 5.82. The number of hydrogen-bond donors (Lipinski definition) is 1. The Morgan fingerprint density at radius 3 is 2.50 bits per heavy atom. The molecule has 1 aliphatic carbocycles. The molecule has 3 rings (SSSR count). The number of hydrogen-bond acceptors (Lipinski definition) is 4. The van der Waals surface area contributed by atoms with Gasteiger partial charge in [0.15, 0.2) is 0 Å². The molecule has 1 aliphatic rings. The summed E-state index contributed by atoms with van der Waals surface area (Å²) < 4.78 is 0. The van der Waals surface area contributed by atoms with Crippen LogP contribution in [0.3, 0.4) is 0 Å². The van der Waals surface area contributed by atoms with Gasteiger partial charge in [-0.15, -0.1) is 10.2 Å². The summed E-state index contributed by atoms with van der Waals surface area (Å²) in [4.78, 5) is 0. The van der Waals surface area contributed by atoms with E-state index in [0.29, 0.717) is 5.92 Å². The molecular formula is C16H21N3S. The van der Waals surface area contributed by atoms with E-state index < -0.39 is 0 Å². The lowest BCUT2D eigenvalue weighted by molar-refractivity contribution is 0.346. The van der Waals surface area contributed by atoms with E-state index in [-0.39, 0.29) is 6.04 Å². The molecule has 1 atom stereocenters. The number of rotatable bonds is 3. The lowest BCUT2D eigenvalue weighted by Crippen LogP contribution is -2.11. The maximum absolute atomic E-state index is 6.29. The topological polar surface area (TPSA) is 51.8 Å². The van der Waals surface area contributed by atoms with Crippen molar-refractivity contribution in [3.63, 3.8) is 0 Å². The molecule has 0 spiro atoms. The van der Waals surface area contributed by atoms with Gasteiger partial charge in [-0.3, -0.25) is 0 Å². The van der Waals surface area contributed by atoms with Gasteiger partial charge in [0.05, 0.1) is 6.04 Å². The summed E-state index contributed by atoms with van der Waals surface area (Å²) in [6, 6.07) is 9.98. The molecule has 0 radical (unpaired) electrons. The monoisotopic (exact) mass is 287 g/mol. The van der Waals surface area contributed by atoms with Crippen LogP contribution in [-0.4, -0.2) is 10.2 Å². The Labute approximate surface area is 124 Å². The molecule has 0 aliphatic heterocycles. The van der Waals surface area contributed by atoms with Gasteiger partial charge in [-0.25, -0.2) is 0 Å². The van der Waals surface area contributed by atoms with Crippen LogP contribution < -0.4 is 5.73 Å². The largest absolute Gasteiger partial charge is 0.318 e. The summed E-state index contributed by atoms with van der Waals surface area (Å²) in [5, 5.41) is 10.8. The molecule has 1 fully saturated rings. The lowest BCUT2D eigenvalue weighted by Gasteiger charge is -2.23. The third-order valence-electron chi connectivity index (χ3n) is 4.25. The first-order valence-corrected chi connectivity index (χ1v) is 8.19. The SMILES string of the molecule is CC1CCC(c2nnc(C(N)c3ccccc3)s2)CC1. The number of nitrogens with two attached hydrogens (primary N) is 1. The molecule has 3 nitrogen and oxygen atoms in total. The molecule has 1 saturated carbocycles. The highest BCUT2D eigenvalue weighted by atomic mass is 32.1. The van der Waals surface area contributed by atoms with Gasteiger partial charge in [0, 0.05) is 5.92 Å². The van der Waals surface area contributed by atoms with Gasteiger partial charge in [0.1, 0.15) is 10.0 Å². The summed E-state index contributed by atoms with van der Waals surface area (Å²) in [5.74, 6) is 1.46. The fraction of sp³-hybridized carbons (Fsp3) is 0.500. The van der Waals surface area contributed by atoms with E-state index in [9.17, 15) is 0 Å². The summed E-state index contributed by atoms with van der Waals surface area (Å²) in [6.07, 6.45) is 5.11. The van der Waals surface area contributed by atoms with E-state index >= 15 is 0 Å². The second kappa shape index (κ2) is 6.02. The fourth-order valence-corrected chi connectivity index (χ4v) is 3.89. The van der Waals surface area contributed by atoms with Gasteiger partial charge < -0.3 is 5.73 Å². The first kappa shape index (κ1) is 13.7. The zero-order valence-corrected chi connectivity index (χ0v) is 12.6. The molecule has 1 heterocycles. The fourth-order valence-electron chi connectivity index (χ4n) is 2.85. The van der Waals surface area contributed by atoms with Crippen molar-refractivity contribution in [2.45, 2.75) is 44.6 Å². The highest BCUT2D eigenvalue weighted by molar-refractivity contribution is 7.11. The Hall–Kier alpha value is -1.26. The molecule has 20 heavy (non-hydrogen) atoms. The van der Waals surface area contributed by atoms with Crippen molar-refractivity contribution in [3.8, 4) is 0 Å². The quantitative estimate of drug-likeness (QED) is 0.932. The molecule has 4 heteroatoms. The predicted molar refractivity (Wildman–Crippen MR) is 82.8 cm³/mol. The third kappa shape index (κ3) is 2.91. The summed E-state index contributed by atoms with van der Waals surface area (Å²) in [5.41, 5.74) is 7.39. The van der Waals surface area contributed by atoms with E-state index in [1.54, 1.807) is 11.3 Å². The van der Waals surface area contributed by atoms with Gasteiger partial charge in [0.25, 0.3) is 0 Å². The van der Waals surface area contributed by atoms with Crippen LogP contribution in [-0.2, 0) is 0 Å². The van der Waals surface area contributed by atoms with E-state index in [1.165, 1.54) is 30.7 Å². The average Bonchev–Trinajstić information content (AvgIpc) is 2.98. The highest BCUT2D eigenvalue weighted by Gasteiger charge is 2.24. The summed E-state index contributed by atoms with van der Waals surface area (Å²) in [7, 11) is 0. The van der Waals surface area contributed by atoms with Crippen LogP contribution >= 0.6 is 11.3 Å². The minimum atomic E-state index is -0.148. The molecule has 1 unspecified atom stereocenters. The van der Waals surface area contributed by atoms with E-state index in [4.69, 9.17) is 5.73 Å². The van der Waals surface area contributed by atoms with Crippen LogP contribution in [0.1, 0.15) is 60.1 Å². The maximum atomic E-state index is 6.29. The van der Waals surface area contributed by atoms with Crippen molar-refractivity contribution in [1.29, 1.82) is 0 Å². The molecule has 2 N–H and O–H groups in total. The maximum Gasteiger partial charge on any atom is 0.138 e. The average molecular weight is 287 g/mol. The standard InChI is InChI=1S/C16H21N3S/c1-11-7-9-13(10-8-11)15-18-19-16(20-15)14(17)12-5-3-2-4-6-12/h2-6,11,13-14H,7-10,17H2,1H3. The normalized spacial score (nSPS) is 24.5. The summed E-state index contributed by atoms with van der Waals surface area (Å²) in [6.45, 7) is 2.34. The minimum absolute atomic E-state index is 0.148. The van der Waals surface area contributed by atoms with Crippen LogP contribution in [0.5, 0.6) is 0 Å². The van der Waals surface area contributed by atoms with Crippen LogP contribution in [0.4, 0.5) is 0 Å². The molecule has 1 aromatic heterocycles. The van der Waals surface area contributed by atoms with Crippen molar-refractivity contribution in [3.05, 3.63) is 45.9 Å². The Balaban J connectivity index is 1.73. The van der Waals surface area contributed by atoms with Crippen molar-refractivity contribution in [2.24, 2.45) is 11.7 Å². The summed E-state index contributed by atoms with van der Waals surface area (Å²) >= 11 is 1.70. The Morgan fingerprint density at radius 1 is 1.10 bits per heavy atom. The van der Waals surface area contributed by atoms with Crippen molar-refractivity contribution >= 4 is 11.3 Å². The van der Waals surface area contributed by atoms with Gasteiger partial charge in [0.2, 0.25) is 0 Å². The van der Waals surface area contributed by atoms with Gasteiger partial charge in [-0.2, -0.15) is 0 Å². The van der Waals surface area contributed by atoms with Crippen molar-refractivity contribution < 1.29 is 0 Å². The van der Waals surface area contributed by atoms with E-state index in [1.807, 2.05) is 30.3 Å². The predicted octanol–water partition coefficient (Wildman–Crippen LogP) is 3.88. The minimum Gasteiger partial charge on any atom is -0.318 e. The Kier molecular flexibility index (Phi) is 4.13. The van der Waals surface area contributed by atoms with Gasteiger partial charge >= 0.3 is 0 Å². The van der Waals surface area contributed by atoms with E-state index in [0.717, 1.165) is 16.5 Å². The highest BCUT2D eigenvalue weighted by Crippen LogP contribution is 2.37. The molecular weight excluding hydrogens is 266 g/mol. The van der Waals surface area contributed by atoms with Crippen LogP contribution in [0.25, 0.3) is 0 Å². The van der Waals surface area contributed by atoms with Gasteiger partial charge in [-0.1, -0.05) is 61.4 Å². The number of nitrogens with zero attached hydrogens (tertiary/aromatic N) is 2. The zero-order valence-electron chi connectivity index (χ0n) is 11.8. The van der Waals surface area contributed by atoms with Crippen molar-refractivity contribution in [1.82, 2.24) is 10.2 Å². The smallest absolute Gasteiger partial charge is 0.138 e. The van der Waals surface area contributed by atoms with Crippen LogP contribution in [0.15, 0.2) is 30.3 Å². The first-order valence-electron chi connectivity index (χ1n) is 7.38. The number of benzene rings is 1.